The van der Waals surface area contributed by atoms with Gasteiger partial charge in [-0.1, -0.05) is 30.4 Å². The number of hydrogen-bond acceptors (Lipinski definition) is 10. The first-order valence-corrected chi connectivity index (χ1v) is 12.6. The van der Waals surface area contributed by atoms with E-state index in [1.807, 2.05) is 4.40 Å². The minimum absolute atomic E-state index is 0.0614. The molecule has 2 amide bonds. The average Bonchev–Trinajstić information content (AvgIpc) is 3.44. The maximum absolute atomic E-state index is 11.4. The van der Waals surface area contributed by atoms with Gasteiger partial charge in [0, 0.05) is 11.3 Å². The highest BCUT2D eigenvalue weighted by Crippen LogP contribution is 2.43. The van der Waals surface area contributed by atoms with Crippen LogP contribution in [0.5, 0.6) is 0 Å². The summed E-state index contributed by atoms with van der Waals surface area (Å²) in [5.41, 5.74) is 12.2. The molecule has 0 saturated heterocycles. The summed E-state index contributed by atoms with van der Waals surface area (Å²) in [5.74, 6) is -0.260. The van der Waals surface area contributed by atoms with Crippen molar-refractivity contribution in [2.24, 2.45) is 11.5 Å². The number of thioether (sulfide) groups is 2. The number of carbonyl (C=O) groups excluding carboxylic acids is 2. The van der Waals surface area contributed by atoms with Crippen LogP contribution in [0.1, 0.15) is 30.7 Å². The van der Waals surface area contributed by atoms with Crippen LogP contribution in [0.25, 0.3) is 21.6 Å². The number of amides is 2. The largest absolute Gasteiger partial charge is 0.369 e. The molecular formula is C18H20N8O3S3. The van der Waals surface area contributed by atoms with E-state index in [9.17, 15) is 9.59 Å². The normalized spacial score (nSPS) is 18.6. The van der Waals surface area contributed by atoms with Crippen LogP contribution in [-0.2, 0) is 27.4 Å². The maximum Gasteiger partial charge on any atom is 0.245 e. The van der Waals surface area contributed by atoms with E-state index in [-0.39, 0.29) is 17.1 Å². The Bertz CT molecular complexity index is 1390. The Kier molecular flexibility index (Phi) is 5.27. The Balaban J connectivity index is 1.81. The molecule has 1 unspecified atom stereocenters. The number of nitrogens with zero attached hydrogens (tertiary/aromatic N) is 6. The fourth-order valence-electron chi connectivity index (χ4n) is 3.74. The zero-order valence-electron chi connectivity index (χ0n) is 17.3. The van der Waals surface area contributed by atoms with Crippen LogP contribution in [-0.4, -0.2) is 58.1 Å². The van der Waals surface area contributed by atoms with Gasteiger partial charge in [0.15, 0.2) is 16.0 Å². The summed E-state index contributed by atoms with van der Waals surface area (Å²) in [7, 11) is 0. The third-order valence-corrected chi connectivity index (χ3v) is 8.58. The van der Waals surface area contributed by atoms with Gasteiger partial charge in [-0.05, 0) is 18.9 Å². The molecule has 0 aliphatic carbocycles. The van der Waals surface area contributed by atoms with E-state index in [2.05, 4.69) is 34.2 Å². The Morgan fingerprint density at radius 3 is 2.41 bits per heavy atom. The molecule has 0 fully saturated rings. The molecular weight excluding hydrogens is 472 g/mol. The predicted molar refractivity (Wildman–Crippen MR) is 122 cm³/mol. The molecule has 32 heavy (non-hydrogen) atoms. The minimum Gasteiger partial charge on any atom is -0.369 e. The van der Waals surface area contributed by atoms with Gasteiger partial charge in [0.2, 0.25) is 17.6 Å². The Hall–Kier alpha value is -2.42. The van der Waals surface area contributed by atoms with Crippen molar-refractivity contribution >= 4 is 68.3 Å². The van der Waals surface area contributed by atoms with Gasteiger partial charge in [-0.2, -0.15) is 0 Å². The van der Waals surface area contributed by atoms with Crippen LogP contribution in [0.4, 0.5) is 0 Å². The molecule has 14 heteroatoms. The zero-order valence-corrected chi connectivity index (χ0v) is 19.8. The van der Waals surface area contributed by atoms with Crippen molar-refractivity contribution in [2.75, 3.05) is 11.5 Å². The van der Waals surface area contributed by atoms with Gasteiger partial charge in [0.25, 0.3) is 0 Å². The summed E-state index contributed by atoms with van der Waals surface area (Å²) in [6.07, 6.45) is 1.61. The van der Waals surface area contributed by atoms with Gasteiger partial charge in [-0.3, -0.25) is 9.59 Å². The lowest BCUT2D eigenvalue weighted by Gasteiger charge is -2.32. The van der Waals surface area contributed by atoms with Crippen LogP contribution in [0.3, 0.4) is 0 Å². The van der Waals surface area contributed by atoms with Crippen LogP contribution < -0.4 is 11.5 Å². The van der Waals surface area contributed by atoms with Gasteiger partial charge in [0.1, 0.15) is 4.83 Å². The van der Waals surface area contributed by atoms with Crippen LogP contribution >= 0.6 is 34.9 Å². The summed E-state index contributed by atoms with van der Waals surface area (Å²) < 4.78 is 9.86. The summed E-state index contributed by atoms with van der Waals surface area (Å²) in [4.78, 5) is 24.8. The number of nitrogens with two attached hydrogens (primary N) is 2. The van der Waals surface area contributed by atoms with E-state index in [0.717, 1.165) is 27.9 Å². The van der Waals surface area contributed by atoms with E-state index < -0.39 is 11.8 Å². The first-order valence-electron chi connectivity index (χ1n) is 9.84. The van der Waals surface area contributed by atoms with E-state index in [1.54, 1.807) is 15.7 Å². The summed E-state index contributed by atoms with van der Waals surface area (Å²) >= 11 is 4.01. The molecule has 1 aliphatic heterocycles. The second kappa shape index (κ2) is 7.86. The second-order valence-corrected chi connectivity index (χ2v) is 10.7. The van der Waals surface area contributed by atoms with Crippen molar-refractivity contribution < 1.29 is 14.3 Å². The SMILES string of the molecule is CCC1(C)Cc2c(sc3c2c2nnc(SCC(N)=O)n2c2nnc(SCC(N)=O)n32)CO1. The number of hydrogen-bond donors (Lipinski definition) is 2. The maximum atomic E-state index is 11.4. The van der Waals surface area contributed by atoms with E-state index in [4.69, 9.17) is 16.2 Å². The lowest BCUT2D eigenvalue weighted by atomic mass is 9.90. The van der Waals surface area contributed by atoms with Crippen LogP contribution in [0.15, 0.2) is 10.3 Å². The van der Waals surface area contributed by atoms with Crippen LogP contribution in [0, 0.1) is 0 Å². The van der Waals surface area contributed by atoms with Crippen molar-refractivity contribution in [2.45, 2.75) is 49.2 Å². The first kappa shape index (κ1) is 21.4. The molecule has 4 aromatic rings. The van der Waals surface area contributed by atoms with E-state index in [1.165, 1.54) is 29.1 Å². The topological polar surface area (TPSA) is 156 Å². The highest BCUT2D eigenvalue weighted by atomic mass is 32.2. The number of rotatable bonds is 7. The minimum atomic E-state index is -0.452. The van der Waals surface area contributed by atoms with Gasteiger partial charge < -0.3 is 16.2 Å². The molecule has 11 nitrogen and oxygen atoms in total. The average molecular weight is 493 g/mol. The highest BCUT2D eigenvalue weighted by molar-refractivity contribution is 8.00. The first-order chi connectivity index (χ1) is 15.3. The number of carbonyl (C=O) groups is 2. The molecule has 0 saturated carbocycles. The van der Waals surface area contributed by atoms with Crippen molar-refractivity contribution in [3.63, 3.8) is 0 Å². The lowest BCUT2D eigenvalue weighted by molar-refractivity contribution is -0.116. The Morgan fingerprint density at radius 1 is 1.09 bits per heavy atom. The summed E-state index contributed by atoms with van der Waals surface area (Å²) in [6, 6.07) is 0. The molecule has 5 heterocycles. The van der Waals surface area contributed by atoms with Crippen LogP contribution in [0.2, 0.25) is 0 Å². The second-order valence-electron chi connectivity index (χ2n) is 7.72. The molecule has 0 spiro atoms. The molecule has 168 valence electrons. The van der Waals surface area contributed by atoms with Gasteiger partial charge in [-0.25, -0.2) is 8.80 Å². The summed E-state index contributed by atoms with van der Waals surface area (Å²) in [6.45, 7) is 4.73. The Morgan fingerprint density at radius 2 is 1.75 bits per heavy atom. The number of primary amides is 2. The molecule has 0 aromatic carbocycles. The van der Waals surface area contributed by atoms with E-state index in [0.29, 0.717) is 28.3 Å². The number of aromatic nitrogens is 6. The molecule has 4 N–H and O–H groups in total. The molecule has 0 radical (unpaired) electrons. The van der Waals surface area contributed by atoms with Crippen molar-refractivity contribution in [1.29, 1.82) is 0 Å². The number of thiophene rings is 1. The number of ether oxygens (including phenoxy) is 1. The standard InChI is InChI=1S/C18H20N8O3S3/c1-3-18(2)4-8-9(5-29-18)32-14-12(8)13-21-23-16(30-6-10(19)27)25(13)15-22-24-17(26(14)15)31-7-11(20)28/h3-7H2,1-2H3,(H2,19,27)(H2,20,28). The molecule has 1 aliphatic rings. The third kappa shape index (κ3) is 3.41. The fraction of sp³-hybridized carbons (Fsp3) is 0.444. The Labute approximate surface area is 194 Å². The van der Waals surface area contributed by atoms with Gasteiger partial charge >= 0.3 is 0 Å². The zero-order chi connectivity index (χ0) is 22.6. The third-order valence-electron chi connectivity index (χ3n) is 5.49. The number of fused-ring (bicyclic) bond motifs is 8. The summed E-state index contributed by atoms with van der Waals surface area (Å²) in [5, 5.41) is 19.4. The fourth-order valence-corrected chi connectivity index (χ4v) is 6.36. The molecule has 5 rings (SSSR count). The van der Waals surface area contributed by atoms with Gasteiger partial charge in [0.05, 0.1) is 29.1 Å². The van der Waals surface area contributed by atoms with Crippen molar-refractivity contribution in [3.8, 4) is 0 Å². The monoisotopic (exact) mass is 492 g/mol. The quantitative estimate of drug-likeness (QED) is 0.364. The predicted octanol–water partition coefficient (Wildman–Crippen LogP) is 1.38. The van der Waals surface area contributed by atoms with Crippen molar-refractivity contribution in [1.82, 2.24) is 29.2 Å². The highest BCUT2D eigenvalue weighted by Gasteiger charge is 2.34. The molecule has 1 atom stereocenters. The molecule has 0 bridgehead atoms. The van der Waals surface area contributed by atoms with Gasteiger partial charge in [-0.15, -0.1) is 31.7 Å². The van der Waals surface area contributed by atoms with E-state index >= 15 is 0 Å². The lowest BCUT2D eigenvalue weighted by Crippen LogP contribution is -2.33. The van der Waals surface area contributed by atoms with Crippen molar-refractivity contribution in [3.05, 3.63) is 10.4 Å². The smallest absolute Gasteiger partial charge is 0.245 e. The molecule has 4 aromatic heterocycles.